The molecule has 0 saturated heterocycles. The van der Waals surface area contributed by atoms with E-state index < -0.39 is 0 Å². The van der Waals surface area contributed by atoms with Gasteiger partial charge in [-0.1, -0.05) is 24.8 Å². The molecule has 2 rings (SSSR count). The molecule has 1 aromatic rings. The molecule has 0 bridgehead atoms. The van der Waals surface area contributed by atoms with Crippen molar-refractivity contribution in [1.29, 1.82) is 0 Å². The Kier molecular flexibility index (Phi) is 1.76. The number of hydrogen-bond acceptors (Lipinski definition) is 0. The maximum absolute atomic E-state index is 3.72. The average molecular weight is 157 g/mol. The van der Waals surface area contributed by atoms with Crippen molar-refractivity contribution in [3.8, 4) is 0 Å². The normalized spacial score (nSPS) is 16.1. The quantitative estimate of drug-likeness (QED) is 0.618. The molecule has 0 aromatic heterocycles. The molecule has 61 valence electrons. The second-order valence-electron chi connectivity index (χ2n) is 3.49. The highest BCUT2D eigenvalue weighted by molar-refractivity contribution is 5.42. The molecule has 0 amide bonds. The Balaban J connectivity index is 2.52. The Hall–Kier alpha value is -1.04. The lowest BCUT2D eigenvalue weighted by atomic mass is 9.98. The third kappa shape index (κ3) is 1.18. The van der Waals surface area contributed by atoms with E-state index in [0.717, 1.165) is 5.92 Å². The van der Waals surface area contributed by atoms with E-state index in [4.69, 9.17) is 0 Å². The van der Waals surface area contributed by atoms with Crippen molar-refractivity contribution in [1.82, 2.24) is 0 Å². The maximum atomic E-state index is 3.72. The summed E-state index contributed by atoms with van der Waals surface area (Å²) in [5.41, 5.74) is 4.08. The van der Waals surface area contributed by atoms with E-state index in [-0.39, 0.29) is 0 Å². The van der Waals surface area contributed by atoms with Crippen LogP contribution >= 0.6 is 0 Å². The molecule has 0 atom stereocenters. The van der Waals surface area contributed by atoms with Gasteiger partial charge in [-0.25, -0.2) is 0 Å². The van der Waals surface area contributed by atoms with Crippen LogP contribution in [0.4, 0.5) is 0 Å². The summed E-state index contributed by atoms with van der Waals surface area (Å²) in [5, 5.41) is 0. The maximum Gasteiger partial charge on any atom is -0.0146 e. The van der Waals surface area contributed by atoms with Gasteiger partial charge >= 0.3 is 0 Å². The predicted molar refractivity (Wildman–Crippen MR) is 51.1 cm³/mol. The van der Waals surface area contributed by atoms with Gasteiger partial charge in [0.15, 0.2) is 0 Å². The van der Waals surface area contributed by atoms with Gasteiger partial charge in [0.05, 0.1) is 0 Å². The van der Waals surface area contributed by atoms with E-state index in [1.807, 2.05) is 0 Å². The molecule has 0 heterocycles. The summed E-state index contributed by atoms with van der Waals surface area (Å²) < 4.78 is 0. The lowest BCUT2D eigenvalue weighted by Gasteiger charge is -2.07. The molecule has 1 fully saturated rings. The first-order valence-electron chi connectivity index (χ1n) is 4.45. The van der Waals surface area contributed by atoms with Crippen molar-refractivity contribution in [3.63, 3.8) is 0 Å². The first kappa shape index (κ1) is 7.60. The Morgan fingerprint density at radius 2 is 2.17 bits per heavy atom. The Morgan fingerprint density at radius 3 is 2.75 bits per heavy atom. The van der Waals surface area contributed by atoms with Crippen molar-refractivity contribution >= 4 is 0 Å². The molecule has 12 heavy (non-hydrogen) atoms. The minimum absolute atomic E-state index is 0.801. The zero-order valence-electron chi connectivity index (χ0n) is 7.43. The fraction of sp³-hybridized carbons (Fsp3) is 0.333. The summed E-state index contributed by atoms with van der Waals surface area (Å²) in [5.74, 6) is 0.801. The van der Waals surface area contributed by atoms with Crippen LogP contribution in [0.5, 0.6) is 0 Å². The molecule has 0 heteroatoms. The minimum Gasteiger partial charge on any atom is -0.0905 e. The molecule has 0 N–H and O–H groups in total. The molecule has 0 aliphatic heterocycles. The van der Waals surface area contributed by atoms with Gasteiger partial charge in [0, 0.05) is 0 Å². The van der Waals surface area contributed by atoms with E-state index in [9.17, 15) is 0 Å². The summed E-state index contributed by atoms with van der Waals surface area (Å²) in [6.07, 6.45) is 5.70. The fourth-order valence-corrected chi connectivity index (χ4v) is 1.75. The van der Waals surface area contributed by atoms with Crippen molar-refractivity contribution < 1.29 is 0 Å². The van der Waals surface area contributed by atoms with Gasteiger partial charge in [-0.15, -0.1) is 0 Å². The van der Waals surface area contributed by atoms with Gasteiger partial charge in [-0.3, -0.25) is 0 Å². The zero-order chi connectivity index (χ0) is 8.55. The first-order chi connectivity index (χ1) is 5.83. The largest absolute Gasteiger partial charge is 0.0905 e. The van der Waals surface area contributed by atoms with Crippen molar-refractivity contribution in [2.45, 2.75) is 25.7 Å². The molecule has 1 saturated carbocycles. The van der Waals surface area contributed by atoms with Crippen LogP contribution in [0, 0.1) is 13.0 Å². The van der Waals surface area contributed by atoms with Crippen molar-refractivity contribution in [2.75, 3.05) is 0 Å². The smallest absolute Gasteiger partial charge is 0.0146 e. The molecule has 1 radical (unpaired) electrons. The highest BCUT2D eigenvalue weighted by Crippen LogP contribution is 2.43. The second-order valence-corrected chi connectivity index (χ2v) is 3.49. The van der Waals surface area contributed by atoms with Gasteiger partial charge in [0.2, 0.25) is 0 Å². The summed E-state index contributed by atoms with van der Waals surface area (Å²) >= 11 is 0. The Labute approximate surface area is 73.9 Å². The monoisotopic (exact) mass is 157 g/mol. The molecule has 0 unspecified atom stereocenters. The van der Waals surface area contributed by atoms with Crippen LogP contribution in [0.3, 0.4) is 0 Å². The molecule has 1 aromatic carbocycles. The molecule has 1 aliphatic rings. The average Bonchev–Trinajstić information content (AvgIpc) is 2.87. The Morgan fingerprint density at radius 1 is 1.42 bits per heavy atom. The second kappa shape index (κ2) is 2.78. The van der Waals surface area contributed by atoms with Gasteiger partial charge in [0.25, 0.3) is 0 Å². The predicted octanol–water partition coefficient (Wildman–Crippen LogP) is 3.21. The van der Waals surface area contributed by atoms with Crippen molar-refractivity contribution in [2.24, 2.45) is 0 Å². The van der Waals surface area contributed by atoms with Crippen LogP contribution in [0.2, 0.25) is 0 Å². The summed E-state index contributed by atoms with van der Waals surface area (Å²) in [6, 6.07) is 6.36. The molecular formula is C12H13. The third-order valence-electron chi connectivity index (χ3n) is 2.50. The van der Waals surface area contributed by atoms with E-state index in [1.54, 1.807) is 0 Å². The van der Waals surface area contributed by atoms with Crippen LogP contribution < -0.4 is 0 Å². The summed E-state index contributed by atoms with van der Waals surface area (Å²) in [4.78, 5) is 0. The molecule has 1 aliphatic carbocycles. The van der Waals surface area contributed by atoms with Gasteiger partial charge in [-0.2, -0.15) is 0 Å². The van der Waals surface area contributed by atoms with E-state index in [2.05, 4.69) is 37.8 Å². The molecule has 0 nitrogen and oxygen atoms in total. The van der Waals surface area contributed by atoms with Gasteiger partial charge in [0.1, 0.15) is 0 Å². The molecular weight excluding hydrogens is 144 g/mol. The highest BCUT2D eigenvalue weighted by Gasteiger charge is 2.26. The summed E-state index contributed by atoms with van der Waals surface area (Å²) in [7, 11) is 0. The zero-order valence-corrected chi connectivity index (χ0v) is 7.43. The van der Waals surface area contributed by atoms with Crippen LogP contribution in [0.15, 0.2) is 24.8 Å². The highest BCUT2D eigenvalue weighted by atomic mass is 14.3. The minimum atomic E-state index is 0.801. The van der Waals surface area contributed by atoms with E-state index >= 15 is 0 Å². The lowest BCUT2D eigenvalue weighted by molar-refractivity contribution is 1.08. The van der Waals surface area contributed by atoms with Crippen LogP contribution in [-0.2, 0) is 0 Å². The number of aryl methyl sites for hydroxylation is 1. The van der Waals surface area contributed by atoms with E-state index in [0.29, 0.717) is 0 Å². The number of rotatable bonds is 2. The number of hydrogen-bond donors (Lipinski definition) is 0. The van der Waals surface area contributed by atoms with Gasteiger partial charge in [-0.05, 0) is 48.4 Å². The lowest BCUT2D eigenvalue weighted by Crippen LogP contribution is -1.90. The third-order valence-corrected chi connectivity index (χ3v) is 2.50. The van der Waals surface area contributed by atoms with Crippen LogP contribution in [0.25, 0.3) is 0 Å². The molecule has 0 spiro atoms. The fourth-order valence-electron chi connectivity index (χ4n) is 1.75. The first-order valence-corrected chi connectivity index (χ1v) is 4.45. The summed E-state index contributed by atoms with van der Waals surface area (Å²) in [6.45, 7) is 5.89. The standard InChI is InChI=1S/C12H13/c1-3-10-6-4-5-9(2)12(10)11-7-8-11/h4-6,11H,1,7-8H2,2H3. The van der Waals surface area contributed by atoms with E-state index in [1.165, 1.54) is 29.5 Å². The SMILES string of the molecule is C=[C]c1cccc(C)c1C1CC1. The Bertz CT molecular complexity index is 306. The van der Waals surface area contributed by atoms with Crippen molar-refractivity contribution in [3.05, 3.63) is 47.5 Å². The number of benzene rings is 1. The topological polar surface area (TPSA) is 0 Å². The van der Waals surface area contributed by atoms with Crippen LogP contribution in [0.1, 0.15) is 35.4 Å². The van der Waals surface area contributed by atoms with Gasteiger partial charge < -0.3 is 0 Å². The van der Waals surface area contributed by atoms with Crippen LogP contribution in [-0.4, -0.2) is 0 Å².